The highest BCUT2D eigenvalue weighted by Crippen LogP contribution is 2.23. The molecule has 106 valence electrons. The molecule has 0 unspecified atom stereocenters. The van der Waals surface area contributed by atoms with Gasteiger partial charge < -0.3 is 11.1 Å². The first-order chi connectivity index (χ1) is 10.1. The Morgan fingerprint density at radius 2 is 1.95 bits per heavy atom. The van der Waals surface area contributed by atoms with E-state index in [-0.39, 0.29) is 12.3 Å². The van der Waals surface area contributed by atoms with Gasteiger partial charge >= 0.3 is 0 Å². The van der Waals surface area contributed by atoms with Gasteiger partial charge in [0.05, 0.1) is 23.7 Å². The molecule has 2 aromatic rings. The highest BCUT2D eigenvalue weighted by molar-refractivity contribution is 9.10. The molecule has 5 heteroatoms. The van der Waals surface area contributed by atoms with Crippen LogP contribution in [0.2, 0.25) is 0 Å². The van der Waals surface area contributed by atoms with Crippen LogP contribution in [-0.2, 0) is 17.8 Å². The molecule has 0 spiro atoms. The molecule has 0 fully saturated rings. The van der Waals surface area contributed by atoms with Crippen molar-refractivity contribution in [1.29, 1.82) is 5.26 Å². The molecular weight excluding hydrogens is 330 g/mol. The zero-order valence-electron chi connectivity index (χ0n) is 11.3. The second kappa shape index (κ2) is 7.02. The SMILES string of the molecule is N#Cc1ccc(NC(=O)Cc2ccccc2CN)c(Br)c1. The molecule has 2 rings (SSSR count). The van der Waals surface area contributed by atoms with E-state index in [1.54, 1.807) is 18.2 Å². The number of benzene rings is 2. The number of carbonyl (C=O) groups excluding carboxylic acids is 1. The van der Waals surface area contributed by atoms with Gasteiger partial charge in [0.25, 0.3) is 0 Å². The topological polar surface area (TPSA) is 78.9 Å². The number of hydrogen-bond acceptors (Lipinski definition) is 3. The first kappa shape index (κ1) is 15.2. The van der Waals surface area contributed by atoms with Crippen LogP contribution in [0.4, 0.5) is 5.69 Å². The Balaban J connectivity index is 2.10. The van der Waals surface area contributed by atoms with E-state index in [0.717, 1.165) is 11.1 Å². The fourth-order valence-corrected chi connectivity index (χ4v) is 2.46. The van der Waals surface area contributed by atoms with Crippen LogP contribution in [0, 0.1) is 11.3 Å². The molecule has 0 aliphatic rings. The van der Waals surface area contributed by atoms with Gasteiger partial charge in [-0.05, 0) is 45.3 Å². The lowest BCUT2D eigenvalue weighted by atomic mass is 10.0. The lowest BCUT2D eigenvalue weighted by Crippen LogP contribution is -2.16. The van der Waals surface area contributed by atoms with E-state index < -0.39 is 0 Å². The Bertz CT molecular complexity index is 707. The summed E-state index contributed by atoms with van der Waals surface area (Å²) in [6.45, 7) is 0.407. The third-order valence-electron chi connectivity index (χ3n) is 3.06. The maximum Gasteiger partial charge on any atom is 0.228 e. The molecule has 1 amide bonds. The third-order valence-corrected chi connectivity index (χ3v) is 3.72. The Morgan fingerprint density at radius 1 is 1.24 bits per heavy atom. The number of nitrogens with two attached hydrogens (primary N) is 1. The molecule has 0 saturated heterocycles. The van der Waals surface area contributed by atoms with Crippen LogP contribution in [0.25, 0.3) is 0 Å². The lowest BCUT2D eigenvalue weighted by Gasteiger charge is -2.10. The fraction of sp³-hybridized carbons (Fsp3) is 0.125. The van der Waals surface area contributed by atoms with Crippen molar-refractivity contribution in [2.24, 2.45) is 5.73 Å². The van der Waals surface area contributed by atoms with Gasteiger partial charge in [0.1, 0.15) is 0 Å². The van der Waals surface area contributed by atoms with Crippen molar-refractivity contribution < 1.29 is 4.79 Å². The monoisotopic (exact) mass is 343 g/mol. The number of rotatable bonds is 4. The van der Waals surface area contributed by atoms with Crippen LogP contribution in [0.5, 0.6) is 0 Å². The zero-order valence-corrected chi connectivity index (χ0v) is 12.9. The zero-order chi connectivity index (χ0) is 15.2. The second-order valence-electron chi connectivity index (χ2n) is 4.50. The van der Waals surface area contributed by atoms with E-state index >= 15 is 0 Å². The minimum atomic E-state index is -0.124. The first-order valence-electron chi connectivity index (χ1n) is 6.40. The molecular formula is C16H14BrN3O. The van der Waals surface area contributed by atoms with Gasteiger partial charge in [0, 0.05) is 11.0 Å². The van der Waals surface area contributed by atoms with Gasteiger partial charge in [-0.2, -0.15) is 5.26 Å². The Labute approximate surface area is 131 Å². The van der Waals surface area contributed by atoms with Crippen molar-refractivity contribution in [2.75, 3.05) is 5.32 Å². The van der Waals surface area contributed by atoms with Crippen molar-refractivity contribution in [3.63, 3.8) is 0 Å². The number of amides is 1. The van der Waals surface area contributed by atoms with E-state index in [1.807, 2.05) is 30.3 Å². The number of nitrogens with zero attached hydrogens (tertiary/aromatic N) is 1. The van der Waals surface area contributed by atoms with E-state index in [4.69, 9.17) is 11.0 Å². The van der Waals surface area contributed by atoms with Gasteiger partial charge in [-0.3, -0.25) is 4.79 Å². The molecule has 0 aromatic heterocycles. The molecule has 4 nitrogen and oxygen atoms in total. The third kappa shape index (κ3) is 3.91. The van der Waals surface area contributed by atoms with Crippen molar-refractivity contribution in [2.45, 2.75) is 13.0 Å². The number of nitriles is 1. The number of anilines is 1. The minimum Gasteiger partial charge on any atom is -0.326 e. The van der Waals surface area contributed by atoms with Crippen molar-refractivity contribution in [1.82, 2.24) is 0 Å². The molecule has 0 radical (unpaired) electrons. The maximum absolute atomic E-state index is 12.1. The van der Waals surface area contributed by atoms with Crippen molar-refractivity contribution in [3.8, 4) is 6.07 Å². The van der Waals surface area contributed by atoms with Crippen LogP contribution in [-0.4, -0.2) is 5.91 Å². The highest BCUT2D eigenvalue weighted by atomic mass is 79.9. The normalized spacial score (nSPS) is 9.95. The highest BCUT2D eigenvalue weighted by Gasteiger charge is 2.09. The Kier molecular flexibility index (Phi) is 5.09. The van der Waals surface area contributed by atoms with Crippen molar-refractivity contribution in [3.05, 3.63) is 63.6 Å². The number of halogens is 1. The molecule has 21 heavy (non-hydrogen) atoms. The summed E-state index contributed by atoms with van der Waals surface area (Å²) in [6, 6.07) is 14.7. The summed E-state index contributed by atoms with van der Waals surface area (Å²) in [5, 5.41) is 11.6. The maximum atomic E-state index is 12.1. The average Bonchev–Trinajstić information content (AvgIpc) is 2.49. The predicted molar refractivity (Wildman–Crippen MR) is 85.5 cm³/mol. The van der Waals surface area contributed by atoms with Gasteiger partial charge in [0.2, 0.25) is 5.91 Å². The minimum absolute atomic E-state index is 0.124. The molecule has 0 bridgehead atoms. The number of nitrogens with one attached hydrogen (secondary N) is 1. The summed E-state index contributed by atoms with van der Waals surface area (Å²) in [7, 11) is 0. The Morgan fingerprint density at radius 3 is 2.57 bits per heavy atom. The summed E-state index contributed by atoms with van der Waals surface area (Å²) in [5.41, 5.74) is 8.73. The predicted octanol–water partition coefficient (Wildman–Crippen LogP) is 2.96. The molecule has 0 heterocycles. The largest absolute Gasteiger partial charge is 0.326 e. The van der Waals surface area contributed by atoms with Crippen LogP contribution < -0.4 is 11.1 Å². The van der Waals surface area contributed by atoms with Gasteiger partial charge in [-0.15, -0.1) is 0 Å². The number of hydrogen-bond donors (Lipinski definition) is 2. The van der Waals surface area contributed by atoms with Gasteiger partial charge in [0.15, 0.2) is 0 Å². The standard InChI is InChI=1S/C16H14BrN3O/c17-14-7-11(9-18)5-6-15(14)20-16(21)8-12-3-1-2-4-13(12)10-19/h1-7H,8,10,19H2,(H,20,21). The first-order valence-corrected chi connectivity index (χ1v) is 7.19. The molecule has 0 aliphatic carbocycles. The lowest BCUT2D eigenvalue weighted by molar-refractivity contribution is -0.115. The summed E-state index contributed by atoms with van der Waals surface area (Å²) in [5.74, 6) is -0.124. The van der Waals surface area contributed by atoms with Crippen molar-refractivity contribution >= 4 is 27.5 Å². The molecule has 3 N–H and O–H groups in total. The number of carbonyl (C=O) groups is 1. The van der Waals surface area contributed by atoms with E-state index in [0.29, 0.717) is 22.3 Å². The average molecular weight is 344 g/mol. The molecule has 2 aromatic carbocycles. The summed E-state index contributed by atoms with van der Waals surface area (Å²) in [4.78, 5) is 12.1. The summed E-state index contributed by atoms with van der Waals surface area (Å²) in [6.07, 6.45) is 0.264. The van der Waals surface area contributed by atoms with E-state index in [9.17, 15) is 4.79 Å². The smallest absolute Gasteiger partial charge is 0.228 e. The molecule has 0 atom stereocenters. The summed E-state index contributed by atoms with van der Waals surface area (Å²) < 4.78 is 0.682. The quantitative estimate of drug-likeness (QED) is 0.895. The molecule has 0 aliphatic heterocycles. The second-order valence-corrected chi connectivity index (χ2v) is 5.36. The van der Waals surface area contributed by atoms with Crippen LogP contribution in [0.1, 0.15) is 16.7 Å². The van der Waals surface area contributed by atoms with E-state index in [2.05, 4.69) is 21.2 Å². The Hall–Kier alpha value is -2.16. The van der Waals surface area contributed by atoms with Gasteiger partial charge in [-0.1, -0.05) is 24.3 Å². The van der Waals surface area contributed by atoms with E-state index in [1.165, 1.54) is 0 Å². The molecule has 0 saturated carbocycles. The van der Waals surface area contributed by atoms with Gasteiger partial charge in [-0.25, -0.2) is 0 Å². The summed E-state index contributed by atoms with van der Waals surface area (Å²) >= 11 is 3.34. The van der Waals surface area contributed by atoms with Crippen LogP contribution in [0.3, 0.4) is 0 Å². The fourth-order valence-electron chi connectivity index (χ4n) is 1.98. The van der Waals surface area contributed by atoms with Crippen LogP contribution in [0.15, 0.2) is 46.9 Å². The van der Waals surface area contributed by atoms with Crippen LogP contribution >= 0.6 is 15.9 Å².